The Bertz CT molecular complexity index is 704. The van der Waals surface area contributed by atoms with Gasteiger partial charge in [0.15, 0.2) is 0 Å². The molecule has 0 unspecified atom stereocenters. The van der Waals surface area contributed by atoms with Crippen LogP contribution < -0.4 is 4.90 Å². The molecule has 0 aliphatic carbocycles. The van der Waals surface area contributed by atoms with Gasteiger partial charge in [-0.25, -0.2) is 4.98 Å². The van der Waals surface area contributed by atoms with E-state index in [-0.39, 0.29) is 5.91 Å². The zero-order valence-electron chi connectivity index (χ0n) is 15.7. The molecule has 7 nitrogen and oxygen atoms in total. The summed E-state index contributed by atoms with van der Waals surface area (Å²) >= 11 is 1.38. The molecule has 2 aromatic rings. The van der Waals surface area contributed by atoms with E-state index < -0.39 is 0 Å². The normalized spacial score (nSPS) is 14.3. The van der Waals surface area contributed by atoms with Gasteiger partial charge in [-0.1, -0.05) is 30.3 Å². The molecule has 146 valence electrons. The number of benzene rings is 1. The predicted molar refractivity (Wildman–Crippen MR) is 105 cm³/mol. The third kappa shape index (κ3) is 5.98. The molecule has 1 aromatic carbocycles. The molecule has 0 N–H and O–H groups in total. The topological polar surface area (TPSA) is 67.8 Å². The Morgan fingerprint density at radius 1 is 1.26 bits per heavy atom. The second-order valence-corrected chi connectivity index (χ2v) is 7.11. The lowest BCUT2D eigenvalue weighted by atomic mass is 10.1. The summed E-state index contributed by atoms with van der Waals surface area (Å²) in [6, 6.07) is 10.2. The Morgan fingerprint density at radius 3 is 2.78 bits per heavy atom. The van der Waals surface area contributed by atoms with Crippen LogP contribution in [0.25, 0.3) is 0 Å². The fourth-order valence-corrected chi connectivity index (χ4v) is 3.67. The van der Waals surface area contributed by atoms with E-state index in [1.54, 1.807) is 7.11 Å². The van der Waals surface area contributed by atoms with Gasteiger partial charge in [-0.2, -0.15) is 4.37 Å². The molecule has 0 spiro atoms. The monoisotopic (exact) mass is 390 g/mol. The molecule has 1 amide bonds. The maximum Gasteiger partial charge on any atom is 0.224 e. The SMILES string of the molecule is COCCN(CCC(=O)N1CCOCC1)c1nc(Cc2ccccc2)ns1. The fourth-order valence-electron chi connectivity index (χ4n) is 2.93. The number of nitrogens with zero attached hydrogens (tertiary/aromatic N) is 4. The third-order valence-electron chi connectivity index (χ3n) is 4.46. The molecular formula is C19H26N4O3S. The summed E-state index contributed by atoms with van der Waals surface area (Å²) in [5.41, 5.74) is 1.19. The highest BCUT2D eigenvalue weighted by Crippen LogP contribution is 2.19. The number of amides is 1. The molecule has 1 fully saturated rings. The van der Waals surface area contributed by atoms with Crippen LogP contribution in [0.4, 0.5) is 5.13 Å². The quantitative estimate of drug-likeness (QED) is 0.651. The van der Waals surface area contributed by atoms with Crippen LogP contribution in [-0.4, -0.2) is 73.3 Å². The van der Waals surface area contributed by atoms with E-state index in [1.165, 1.54) is 17.1 Å². The number of rotatable bonds is 9. The van der Waals surface area contributed by atoms with Crippen molar-refractivity contribution in [3.8, 4) is 0 Å². The van der Waals surface area contributed by atoms with E-state index in [0.29, 0.717) is 58.8 Å². The van der Waals surface area contributed by atoms with Crippen molar-refractivity contribution in [1.82, 2.24) is 14.3 Å². The van der Waals surface area contributed by atoms with Crippen LogP contribution >= 0.6 is 11.5 Å². The van der Waals surface area contributed by atoms with Crippen molar-refractivity contribution in [2.45, 2.75) is 12.8 Å². The van der Waals surface area contributed by atoms with Crippen LogP contribution in [0.1, 0.15) is 17.8 Å². The van der Waals surface area contributed by atoms with Gasteiger partial charge in [0, 0.05) is 57.7 Å². The average Bonchev–Trinajstić information content (AvgIpc) is 3.17. The maximum atomic E-state index is 12.4. The zero-order chi connectivity index (χ0) is 18.9. The summed E-state index contributed by atoms with van der Waals surface area (Å²) in [6.45, 7) is 4.48. The second-order valence-electron chi connectivity index (χ2n) is 6.38. The number of anilines is 1. The Balaban J connectivity index is 1.59. The first kappa shape index (κ1) is 19.7. The summed E-state index contributed by atoms with van der Waals surface area (Å²) in [7, 11) is 1.68. The molecule has 2 heterocycles. The summed E-state index contributed by atoms with van der Waals surface area (Å²) in [5, 5.41) is 0.841. The van der Waals surface area contributed by atoms with Gasteiger partial charge >= 0.3 is 0 Å². The number of hydrogen-bond donors (Lipinski definition) is 0. The predicted octanol–water partition coefficient (Wildman–Crippen LogP) is 1.83. The fraction of sp³-hybridized carbons (Fsp3) is 0.526. The van der Waals surface area contributed by atoms with Gasteiger partial charge in [-0.3, -0.25) is 4.79 Å². The lowest BCUT2D eigenvalue weighted by Gasteiger charge is -2.28. The van der Waals surface area contributed by atoms with Crippen molar-refractivity contribution in [2.24, 2.45) is 0 Å². The molecule has 27 heavy (non-hydrogen) atoms. The van der Waals surface area contributed by atoms with Gasteiger partial charge in [0.1, 0.15) is 5.82 Å². The van der Waals surface area contributed by atoms with Crippen LogP contribution in [0, 0.1) is 0 Å². The number of carbonyl (C=O) groups excluding carboxylic acids is 1. The molecule has 1 aromatic heterocycles. The molecular weight excluding hydrogens is 364 g/mol. The lowest BCUT2D eigenvalue weighted by Crippen LogP contribution is -2.42. The summed E-state index contributed by atoms with van der Waals surface area (Å²) in [6.07, 6.45) is 1.17. The minimum atomic E-state index is 0.162. The van der Waals surface area contributed by atoms with Crippen molar-refractivity contribution < 1.29 is 14.3 Å². The van der Waals surface area contributed by atoms with Crippen molar-refractivity contribution in [2.75, 3.05) is 58.0 Å². The largest absolute Gasteiger partial charge is 0.383 e. The van der Waals surface area contributed by atoms with Crippen LogP contribution in [0.3, 0.4) is 0 Å². The smallest absolute Gasteiger partial charge is 0.224 e. The minimum Gasteiger partial charge on any atom is -0.383 e. The van der Waals surface area contributed by atoms with E-state index in [0.717, 1.165) is 11.0 Å². The van der Waals surface area contributed by atoms with E-state index in [4.69, 9.17) is 9.47 Å². The van der Waals surface area contributed by atoms with E-state index >= 15 is 0 Å². The number of ether oxygens (including phenoxy) is 2. The van der Waals surface area contributed by atoms with Crippen LogP contribution in [0.5, 0.6) is 0 Å². The molecule has 3 rings (SSSR count). The van der Waals surface area contributed by atoms with Crippen LogP contribution in [0.2, 0.25) is 0 Å². The van der Waals surface area contributed by atoms with Gasteiger partial charge in [0.2, 0.25) is 11.0 Å². The molecule has 0 radical (unpaired) electrons. The lowest BCUT2D eigenvalue weighted by molar-refractivity contribution is -0.135. The zero-order valence-corrected chi connectivity index (χ0v) is 16.5. The molecule has 1 aliphatic rings. The van der Waals surface area contributed by atoms with Crippen LogP contribution in [-0.2, 0) is 20.7 Å². The molecule has 1 saturated heterocycles. The molecule has 0 saturated carbocycles. The Labute approximate surface area is 164 Å². The van der Waals surface area contributed by atoms with Gasteiger partial charge in [-0.05, 0) is 5.56 Å². The van der Waals surface area contributed by atoms with Gasteiger partial charge in [-0.15, -0.1) is 0 Å². The van der Waals surface area contributed by atoms with Gasteiger partial charge in [0.05, 0.1) is 19.8 Å². The molecule has 8 heteroatoms. The van der Waals surface area contributed by atoms with E-state index in [2.05, 4.69) is 26.4 Å². The summed E-state index contributed by atoms with van der Waals surface area (Å²) < 4.78 is 15.0. The standard InChI is InChI=1S/C19H26N4O3S/c1-25-12-9-23(8-7-18(24)22-10-13-26-14-11-22)19-20-17(21-27-19)15-16-5-3-2-4-6-16/h2-6H,7-15H2,1H3. The summed E-state index contributed by atoms with van der Waals surface area (Å²) in [5.74, 6) is 0.970. The summed E-state index contributed by atoms with van der Waals surface area (Å²) in [4.78, 5) is 21.1. The highest BCUT2D eigenvalue weighted by molar-refractivity contribution is 7.09. The number of morpholine rings is 1. The molecule has 0 atom stereocenters. The van der Waals surface area contributed by atoms with Gasteiger partial charge in [0.25, 0.3) is 0 Å². The first-order chi connectivity index (χ1) is 13.3. The van der Waals surface area contributed by atoms with Crippen molar-refractivity contribution >= 4 is 22.6 Å². The number of aromatic nitrogens is 2. The van der Waals surface area contributed by atoms with Crippen molar-refractivity contribution in [3.63, 3.8) is 0 Å². The minimum absolute atomic E-state index is 0.162. The third-order valence-corrected chi connectivity index (χ3v) is 5.27. The number of methoxy groups -OCH3 is 1. The van der Waals surface area contributed by atoms with Crippen LogP contribution in [0.15, 0.2) is 30.3 Å². The highest BCUT2D eigenvalue weighted by atomic mass is 32.1. The first-order valence-electron chi connectivity index (χ1n) is 9.22. The van der Waals surface area contributed by atoms with Crippen molar-refractivity contribution in [3.05, 3.63) is 41.7 Å². The Kier molecular flexibility index (Phi) is 7.55. The number of carbonyl (C=O) groups is 1. The second kappa shape index (κ2) is 10.3. The highest BCUT2D eigenvalue weighted by Gasteiger charge is 2.19. The van der Waals surface area contributed by atoms with Crippen molar-refractivity contribution in [1.29, 1.82) is 0 Å². The Morgan fingerprint density at radius 2 is 2.04 bits per heavy atom. The van der Waals surface area contributed by atoms with E-state index in [1.807, 2.05) is 23.1 Å². The average molecular weight is 391 g/mol. The van der Waals surface area contributed by atoms with Gasteiger partial charge < -0.3 is 19.3 Å². The molecule has 0 bridgehead atoms. The maximum absolute atomic E-state index is 12.4. The Hall–Kier alpha value is -2.03. The molecule has 1 aliphatic heterocycles. The first-order valence-corrected chi connectivity index (χ1v) is 9.99. The number of hydrogen-bond acceptors (Lipinski definition) is 7. The van der Waals surface area contributed by atoms with E-state index in [9.17, 15) is 4.79 Å².